The third kappa shape index (κ3) is 2.62. The summed E-state index contributed by atoms with van der Waals surface area (Å²) in [4.78, 5) is 19.5. The Bertz CT molecular complexity index is 986. The summed E-state index contributed by atoms with van der Waals surface area (Å²) in [6, 6.07) is 19.8. The molecule has 3 aromatic rings. The standard InChI is InChI=1S/C22H20N2O3/c25-21(18-10-4-6-16-7-5-12-23-20(16)18)24-13-11-22(17-8-2-1-3-9-17)19(14-24)26-15-27-22/h1-10,12,19H,11,13-15H2. The highest BCUT2D eigenvalue weighted by atomic mass is 16.7. The maximum Gasteiger partial charge on any atom is 0.256 e. The van der Waals surface area contributed by atoms with E-state index >= 15 is 0 Å². The van der Waals surface area contributed by atoms with E-state index in [-0.39, 0.29) is 18.8 Å². The first-order valence-electron chi connectivity index (χ1n) is 9.22. The zero-order valence-corrected chi connectivity index (χ0v) is 14.9. The van der Waals surface area contributed by atoms with Gasteiger partial charge in [-0.15, -0.1) is 0 Å². The van der Waals surface area contributed by atoms with Gasteiger partial charge in [-0.2, -0.15) is 0 Å². The van der Waals surface area contributed by atoms with Crippen LogP contribution in [0.15, 0.2) is 66.9 Å². The molecule has 0 saturated carbocycles. The molecular formula is C22H20N2O3. The Kier molecular flexibility index (Phi) is 3.92. The van der Waals surface area contributed by atoms with Crippen LogP contribution < -0.4 is 0 Å². The van der Waals surface area contributed by atoms with Crippen molar-refractivity contribution in [3.8, 4) is 0 Å². The van der Waals surface area contributed by atoms with Crippen molar-refractivity contribution in [2.75, 3.05) is 19.9 Å². The van der Waals surface area contributed by atoms with Crippen LogP contribution in [-0.2, 0) is 15.1 Å². The number of aromatic nitrogens is 1. The fraction of sp³-hybridized carbons (Fsp3) is 0.273. The molecule has 2 saturated heterocycles. The average Bonchev–Trinajstić information content (AvgIpc) is 3.18. The molecule has 2 fully saturated rings. The minimum absolute atomic E-state index is 0.00328. The smallest absolute Gasteiger partial charge is 0.256 e. The maximum absolute atomic E-state index is 13.2. The number of fused-ring (bicyclic) bond motifs is 2. The predicted molar refractivity (Wildman–Crippen MR) is 101 cm³/mol. The molecular weight excluding hydrogens is 340 g/mol. The quantitative estimate of drug-likeness (QED) is 0.703. The lowest BCUT2D eigenvalue weighted by atomic mass is 9.82. The van der Waals surface area contributed by atoms with Crippen LogP contribution in [0.1, 0.15) is 22.3 Å². The van der Waals surface area contributed by atoms with Gasteiger partial charge in [0.25, 0.3) is 5.91 Å². The number of para-hydroxylation sites is 1. The van der Waals surface area contributed by atoms with Gasteiger partial charge in [0.1, 0.15) is 18.5 Å². The van der Waals surface area contributed by atoms with Crippen LogP contribution in [0.3, 0.4) is 0 Å². The molecule has 2 aliphatic rings. The molecule has 5 nitrogen and oxygen atoms in total. The Balaban J connectivity index is 1.45. The summed E-state index contributed by atoms with van der Waals surface area (Å²) in [5.74, 6) is -0.00328. The summed E-state index contributed by atoms with van der Waals surface area (Å²) in [6.07, 6.45) is 2.27. The van der Waals surface area contributed by atoms with E-state index in [0.29, 0.717) is 25.1 Å². The Hall–Kier alpha value is -2.76. The first-order chi connectivity index (χ1) is 13.3. The Morgan fingerprint density at radius 3 is 2.81 bits per heavy atom. The van der Waals surface area contributed by atoms with Gasteiger partial charge in [-0.1, -0.05) is 48.5 Å². The summed E-state index contributed by atoms with van der Waals surface area (Å²) in [5, 5.41) is 0.972. The number of nitrogens with zero attached hydrogens (tertiary/aromatic N) is 2. The van der Waals surface area contributed by atoms with Crippen molar-refractivity contribution in [3.63, 3.8) is 0 Å². The molecule has 2 unspecified atom stereocenters. The van der Waals surface area contributed by atoms with Gasteiger partial charge in [-0.05, 0) is 17.7 Å². The van der Waals surface area contributed by atoms with Crippen molar-refractivity contribution in [1.29, 1.82) is 0 Å². The van der Waals surface area contributed by atoms with Crippen LogP contribution in [0, 0.1) is 0 Å². The number of rotatable bonds is 2. The number of ether oxygens (including phenoxy) is 2. The normalized spacial score (nSPS) is 24.7. The highest BCUT2D eigenvalue weighted by molar-refractivity contribution is 6.05. The van der Waals surface area contributed by atoms with E-state index < -0.39 is 5.60 Å². The molecule has 0 radical (unpaired) electrons. The van der Waals surface area contributed by atoms with E-state index in [4.69, 9.17) is 9.47 Å². The minimum atomic E-state index is -0.463. The van der Waals surface area contributed by atoms with Crippen molar-refractivity contribution in [2.24, 2.45) is 0 Å². The lowest BCUT2D eigenvalue weighted by Gasteiger charge is -2.42. The second kappa shape index (κ2) is 6.44. The van der Waals surface area contributed by atoms with Crippen LogP contribution in [0.5, 0.6) is 0 Å². The Morgan fingerprint density at radius 2 is 1.93 bits per heavy atom. The largest absolute Gasteiger partial charge is 0.347 e. The SMILES string of the molecule is O=C(c1cccc2cccnc12)N1CCC2(c3ccccc3)OCOC2C1. The van der Waals surface area contributed by atoms with E-state index in [1.807, 2.05) is 53.4 Å². The maximum atomic E-state index is 13.2. The molecule has 2 aromatic carbocycles. The molecule has 3 heterocycles. The number of likely N-dealkylation sites (tertiary alicyclic amines) is 1. The van der Waals surface area contributed by atoms with Crippen molar-refractivity contribution in [3.05, 3.63) is 78.0 Å². The number of benzene rings is 2. The van der Waals surface area contributed by atoms with Crippen molar-refractivity contribution in [2.45, 2.75) is 18.1 Å². The number of hydrogen-bond donors (Lipinski definition) is 0. The first kappa shape index (κ1) is 16.4. The Morgan fingerprint density at radius 1 is 1.07 bits per heavy atom. The van der Waals surface area contributed by atoms with Crippen LogP contribution in [-0.4, -0.2) is 41.8 Å². The molecule has 1 aromatic heterocycles. The molecule has 0 bridgehead atoms. The van der Waals surface area contributed by atoms with Crippen LogP contribution in [0.25, 0.3) is 10.9 Å². The van der Waals surface area contributed by atoms with Gasteiger partial charge < -0.3 is 14.4 Å². The molecule has 27 heavy (non-hydrogen) atoms. The van der Waals surface area contributed by atoms with Crippen molar-refractivity contribution >= 4 is 16.8 Å². The number of carbonyl (C=O) groups is 1. The van der Waals surface area contributed by atoms with E-state index in [9.17, 15) is 4.79 Å². The van der Waals surface area contributed by atoms with Gasteiger partial charge >= 0.3 is 0 Å². The van der Waals surface area contributed by atoms with Gasteiger partial charge in [-0.3, -0.25) is 9.78 Å². The number of hydrogen-bond acceptors (Lipinski definition) is 4. The fourth-order valence-electron chi connectivity index (χ4n) is 4.24. The molecule has 2 aliphatic heterocycles. The third-order valence-corrected chi connectivity index (χ3v) is 5.66. The molecule has 0 spiro atoms. The summed E-state index contributed by atoms with van der Waals surface area (Å²) in [7, 11) is 0. The number of amides is 1. The van der Waals surface area contributed by atoms with Crippen molar-refractivity contribution < 1.29 is 14.3 Å². The number of piperidine rings is 1. The van der Waals surface area contributed by atoms with Gasteiger partial charge in [0.2, 0.25) is 0 Å². The summed E-state index contributed by atoms with van der Waals surface area (Å²) in [6.45, 7) is 1.39. The second-order valence-corrected chi connectivity index (χ2v) is 7.05. The lowest BCUT2D eigenvalue weighted by Crippen LogP contribution is -2.53. The zero-order chi connectivity index (χ0) is 18.3. The van der Waals surface area contributed by atoms with Crippen LogP contribution in [0.4, 0.5) is 0 Å². The molecule has 5 heteroatoms. The summed E-state index contributed by atoms with van der Waals surface area (Å²) in [5.41, 5.74) is 2.04. The minimum Gasteiger partial charge on any atom is -0.347 e. The Labute approximate surface area is 157 Å². The zero-order valence-electron chi connectivity index (χ0n) is 14.9. The van der Waals surface area contributed by atoms with Gasteiger partial charge in [0.15, 0.2) is 0 Å². The van der Waals surface area contributed by atoms with Gasteiger partial charge in [-0.25, -0.2) is 0 Å². The van der Waals surface area contributed by atoms with Crippen LogP contribution in [0.2, 0.25) is 0 Å². The molecule has 0 N–H and O–H groups in total. The molecule has 2 atom stereocenters. The highest BCUT2D eigenvalue weighted by Crippen LogP contribution is 2.42. The van der Waals surface area contributed by atoms with Gasteiger partial charge in [0.05, 0.1) is 17.6 Å². The van der Waals surface area contributed by atoms with E-state index in [1.54, 1.807) is 6.20 Å². The monoisotopic (exact) mass is 360 g/mol. The van der Waals surface area contributed by atoms with Gasteiger partial charge in [0, 0.05) is 24.5 Å². The summed E-state index contributed by atoms with van der Waals surface area (Å²) < 4.78 is 11.9. The molecule has 0 aliphatic carbocycles. The van der Waals surface area contributed by atoms with E-state index in [2.05, 4.69) is 17.1 Å². The predicted octanol–water partition coefficient (Wildman–Crippen LogP) is 3.35. The van der Waals surface area contributed by atoms with Crippen molar-refractivity contribution in [1.82, 2.24) is 9.88 Å². The molecule has 136 valence electrons. The molecule has 1 amide bonds. The average molecular weight is 360 g/mol. The molecule has 5 rings (SSSR count). The summed E-state index contributed by atoms with van der Waals surface area (Å²) >= 11 is 0. The fourth-order valence-corrected chi connectivity index (χ4v) is 4.24. The second-order valence-electron chi connectivity index (χ2n) is 7.05. The highest BCUT2D eigenvalue weighted by Gasteiger charge is 2.51. The lowest BCUT2D eigenvalue weighted by molar-refractivity contribution is -0.0438. The number of carbonyl (C=O) groups excluding carboxylic acids is 1. The van der Waals surface area contributed by atoms with E-state index in [1.165, 1.54) is 0 Å². The topological polar surface area (TPSA) is 51.7 Å². The first-order valence-corrected chi connectivity index (χ1v) is 9.22. The third-order valence-electron chi connectivity index (χ3n) is 5.66. The van der Waals surface area contributed by atoms with E-state index in [0.717, 1.165) is 16.5 Å². The number of pyridine rings is 1. The van der Waals surface area contributed by atoms with Crippen LogP contribution >= 0.6 is 0 Å².